The van der Waals surface area contributed by atoms with Gasteiger partial charge in [-0.15, -0.1) is 0 Å². The van der Waals surface area contributed by atoms with E-state index in [0.717, 1.165) is 24.2 Å². The molecule has 2 atom stereocenters. The molecule has 1 aliphatic carbocycles. The molecular formula is C19H27NO5. The Morgan fingerprint density at radius 1 is 1.36 bits per heavy atom. The lowest BCUT2D eigenvalue weighted by Gasteiger charge is -2.56. The standard InChI is InChI=1S/C19H27NO5/c1-24-15-4-2-3-14(11-15)12-18(23)20-7-5-19(6-8-20)16(22)13-17(19)25-10-9-21/h2-4,11,16-17,21-22H,5-10,12-13H2,1H3/t16-,17+/m0/s1. The van der Waals surface area contributed by atoms with E-state index < -0.39 is 0 Å². The smallest absolute Gasteiger partial charge is 0.226 e. The molecule has 1 saturated heterocycles. The highest BCUT2D eigenvalue weighted by molar-refractivity contribution is 5.79. The second kappa shape index (κ2) is 7.72. The topological polar surface area (TPSA) is 79.2 Å². The lowest BCUT2D eigenvalue weighted by Crippen LogP contribution is -2.63. The molecule has 0 unspecified atom stereocenters. The van der Waals surface area contributed by atoms with Gasteiger partial charge in [0.05, 0.1) is 39.0 Å². The number of ether oxygens (including phenoxy) is 2. The van der Waals surface area contributed by atoms with Crippen molar-refractivity contribution < 1.29 is 24.5 Å². The lowest BCUT2D eigenvalue weighted by molar-refractivity contribution is -0.213. The Kier molecular flexibility index (Phi) is 5.61. The Balaban J connectivity index is 1.55. The van der Waals surface area contributed by atoms with Crippen LogP contribution >= 0.6 is 0 Å². The molecule has 0 bridgehead atoms. The highest BCUT2D eigenvalue weighted by Gasteiger charge is 2.56. The zero-order chi connectivity index (χ0) is 17.9. The molecule has 6 nitrogen and oxygen atoms in total. The summed E-state index contributed by atoms with van der Waals surface area (Å²) in [7, 11) is 1.62. The first kappa shape index (κ1) is 18.2. The molecular weight excluding hydrogens is 322 g/mol. The van der Waals surface area contributed by atoms with Crippen molar-refractivity contribution in [1.29, 1.82) is 0 Å². The maximum atomic E-state index is 12.6. The minimum Gasteiger partial charge on any atom is -0.497 e. The molecule has 0 aromatic heterocycles. The van der Waals surface area contributed by atoms with Crippen molar-refractivity contribution >= 4 is 5.91 Å². The van der Waals surface area contributed by atoms with Crippen molar-refractivity contribution in [3.8, 4) is 5.75 Å². The fourth-order valence-corrected chi connectivity index (χ4v) is 4.05. The molecule has 2 aliphatic rings. The second-order valence-electron chi connectivity index (χ2n) is 6.98. The molecule has 1 aromatic carbocycles. The Morgan fingerprint density at radius 2 is 2.12 bits per heavy atom. The zero-order valence-electron chi connectivity index (χ0n) is 14.7. The summed E-state index contributed by atoms with van der Waals surface area (Å²) in [5, 5.41) is 19.2. The summed E-state index contributed by atoms with van der Waals surface area (Å²) in [5.41, 5.74) is 0.694. The summed E-state index contributed by atoms with van der Waals surface area (Å²) < 4.78 is 10.9. The van der Waals surface area contributed by atoms with Gasteiger partial charge in [-0.3, -0.25) is 4.79 Å². The largest absolute Gasteiger partial charge is 0.497 e. The second-order valence-corrected chi connectivity index (χ2v) is 6.98. The van der Waals surface area contributed by atoms with Crippen LogP contribution in [0.4, 0.5) is 0 Å². The number of carbonyl (C=O) groups excluding carboxylic acids is 1. The van der Waals surface area contributed by atoms with Gasteiger partial charge in [-0.1, -0.05) is 12.1 Å². The van der Waals surface area contributed by atoms with Crippen molar-refractivity contribution in [3.63, 3.8) is 0 Å². The first-order chi connectivity index (χ1) is 12.1. The number of amides is 1. The van der Waals surface area contributed by atoms with Crippen molar-refractivity contribution in [2.45, 2.75) is 37.9 Å². The number of piperidine rings is 1. The van der Waals surface area contributed by atoms with E-state index in [0.29, 0.717) is 32.5 Å². The van der Waals surface area contributed by atoms with Gasteiger partial charge >= 0.3 is 0 Å². The molecule has 2 fully saturated rings. The number of methoxy groups -OCH3 is 1. The van der Waals surface area contributed by atoms with Gasteiger partial charge < -0.3 is 24.6 Å². The summed E-state index contributed by atoms with van der Waals surface area (Å²) in [5.74, 6) is 0.856. The fourth-order valence-electron chi connectivity index (χ4n) is 4.05. The molecule has 3 rings (SSSR count). The third kappa shape index (κ3) is 3.66. The van der Waals surface area contributed by atoms with Crippen LogP contribution in [0.1, 0.15) is 24.8 Å². The molecule has 1 aliphatic heterocycles. The minimum atomic E-state index is -0.369. The third-order valence-electron chi connectivity index (χ3n) is 5.69. The molecule has 25 heavy (non-hydrogen) atoms. The van der Waals surface area contributed by atoms with Crippen molar-refractivity contribution in [1.82, 2.24) is 4.90 Å². The zero-order valence-corrected chi connectivity index (χ0v) is 14.7. The van der Waals surface area contributed by atoms with Crippen LogP contribution in [0.2, 0.25) is 0 Å². The predicted octanol–water partition coefficient (Wildman–Crippen LogP) is 0.989. The molecule has 1 aromatic rings. The van der Waals surface area contributed by atoms with Crippen LogP contribution in [0.3, 0.4) is 0 Å². The summed E-state index contributed by atoms with van der Waals surface area (Å²) in [6.45, 7) is 1.57. The predicted molar refractivity (Wildman–Crippen MR) is 92.4 cm³/mol. The van der Waals surface area contributed by atoms with Crippen LogP contribution < -0.4 is 4.74 Å². The van der Waals surface area contributed by atoms with Crippen LogP contribution in [-0.4, -0.2) is 66.6 Å². The van der Waals surface area contributed by atoms with Crippen LogP contribution in [0.5, 0.6) is 5.75 Å². The van der Waals surface area contributed by atoms with Gasteiger partial charge in [0, 0.05) is 24.9 Å². The molecule has 138 valence electrons. The number of nitrogens with zero attached hydrogens (tertiary/aromatic N) is 1. The minimum absolute atomic E-state index is 0.00613. The number of aliphatic hydroxyl groups is 2. The molecule has 6 heteroatoms. The number of benzene rings is 1. The third-order valence-corrected chi connectivity index (χ3v) is 5.69. The number of carbonyl (C=O) groups is 1. The van der Waals surface area contributed by atoms with Gasteiger partial charge in [-0.05, 0) is 30.5 Å². The first-order valence-corrected chi connectivity index (χ1v) is 8.90. The van der Waals surface area contributed by atoms with E-state index in [-0.39, 0.29) is 30.1 Å². The van der Waals surface area contributed by atoms with Gasteiger partial charge in [-0.25, -0.2) is 0 Å². The average Bonchev–Trinajstić information content (AvgIpc) is 2.65. The van der Waals surface area contributed by atoms with E-state index in [1.165, 1.54) is 0 Å². The van der Waals surface area contributed by atoms with Crippen LogP contribution in [-0.2, 0) is 16.0 Å². The number of rotatable bonds is 6. The van der Waals surface area contributed by atoms with E-state index in [4.69, 9.17) is 14.6 Å². The molecule has 1 amide bonds. The number of hydrogen-bond donors (Lipinski definition) is 2. The van der Waals surface area contributed by atoms with E-state index in [2.05, 4.69) is 0 Å². The van der Waals surface area contributed by atoms with Gasteiger partial charge in [0.1, 0.15) is 5.75 Å². The van der Waals surface area contributed by atoms with E-state index in [1.807, 2.05) is 29.2 Å². The summed E-state index contributed by atoms with van der Waals surface area (Å²) in [4.78, 5) is 14.5. The normalized spacial score (nSPS) is 24.8. The van der Waals surface area contributed by atoms with Crippen molar-refractivity contribution in [2.24, 2.45) is 5.41 Å². The first-order valence-electron chi connectivity index (χ1n) is 8.90. The highest BCUT2D eigenvalue weighted by Crippen LogP contribution is 2.50. The van der Waals surface area contributed by atoms with Gasteiger partial charge in [0.25, 0.3) is 0 Å². The van der Waals surface area contributed by atoms with Crippen molar-refractivity contribution in [3.05, 3.63) is 29.8 Å². The van der Waals surface area contributed by atoms with Crippen LogP contribution in [0.15, 0.2) is 24.3 Å². The van der Waals surface area contributed by atoms with E-state index >= 15 is 0 Å². The van der Waals surface area contributed by atoms with E-state index in [9.17, 15) is 9.90 Å². The summed E-state index contributed by atoms with van der Waals surface area (Å²) in [6.07, 6.45) is 2.09. The SMILES string of the molecule is COc1cccc(CC(=O)N2CCC3(CC2)[C@@H](O)C[C@H]3OCCO)c1. The molecule has 1 saturated carbocycles. The maximum absolute atomic E-state index is 12.6. The van der Waals surface area contributed by atoms with Gasteiger partial charge in [0.2, 0.25) is 5.91 Å². The van der Waals surface area contributed by atoms with Crippen LogP contribution in [0.25, 0.3) is 0 Å². The fraction of sp³-hybridized carbons (Fsp3) is 0.632. The number of aliphatic hydroxyl groups excluding tert-OH is 2. The van der Waals surface area contributed by atoms with Gasteiger partial charge in [-0.2, -0.15) is 0 Å². The summed E-state index contributed by atoms with van der Waals surface area (Å²) in [6, 6.07) is 7.57. The Hall–Kier alpha value is -1.63. The molecule has 1 spiro atoms. The highest BCUT2D eigenvalue weighted by atomic mass is 16.5. The number of likely N-dealkylation sites (tertiary alicyclic amines) is 1. The quantitative estimate of drug-likeness (QED) is 0.801. The molecule has 1 heterocycles. The summed E-state index contributed by atoms with van der Waals surface area (Å²) >= 11 is 0. The van der Waals surface area contributed by atoms with Crippen LogP contribution in [0, 0.1) is 5.41 Å². The maximum Gasteiger partial charge on any atom is 0.226 e. The Bertz CT molecular complexity index is 597. The Morgan fingerprint density at radius 3 is 2.76 bits per heavy atom. The monoisotopic (exact) mass is 349 g/mol. The van der Waals surface area contributed by atoms with E-state index in [1.54, 1.807) is 7.11 Å². The average molecular weight is 349 g/mol. The molecule has 0 radical (unpaired) electrons. The van der Waals surface area contributed by atoms with Gasteiger partial charge in [0.15, 0.2) is 0 Å². The number of hydrogen-bond acceptors (Lipinski definition) is 5. The Labute approximate surface area is 148 Å². The van der Waals surface area contributed by atoms with Crippen molar-refractivity contribution in [2.75, 3.05) is 33.4 Å². The molecule has 2 N–H and O–H groups in total. The lowest BCUT2D eigenvalue weighted by atomic mass is 9.58.